The molecular weight excluding hydrogens is 218 g/mol. The lowest BCUT2D eigenvalue weighted by molar-refractivity contribution is 0.195. The van der Waals surface area contributed by atoms with Crippen molar-refractivity contribution in [2.24, 2.45) is 5.84 Å². The zero-order chi connectivity index (χ0) is 10.7. The molecule has 0 saturated carbocycles. The maximum atomic E-state index is 5.93. The molecule has 6 nitrogen and oxygen atoms in total. The Morgan fingerprint density at radius 1 is 1.60 bits per heavy atom. The minimum absolute atomic E-state index is 0.253. The van der Waals surface area contributed by atoms with Crippen molar-refractivity contribution in [3.63, 3.8) is 0 Å². The van der Waals surface area contributed by atoms with Gasteiger partial charge in [0.05, 0.1) is 18.8 Å². The predicted molar refractivity (Wildman–Crippen MR) is 57.7 cm³/mol. The number of hydrogen-bond acceptors (Lipinski definition) is 6. The van der Waals surface area contributed by atoms with E-state index in [9.17, 15) is 0 Å². The van der Waals surface area contributed by atoms with Crippen LogP contribution in [0.4, 0.5) is 11.8 Å². The van der Waals surface area contributed by atoms with Gasteiger partial charge in [-0.15, -0.1) is 0 Å². The highest BCUT2D eigenvalue weighted by molar-refractivity contribution is 6.32. The van der Waals surface area contributed by atoms with Gasteiger partial charge in [-0.2, -0.15) is 4.98 Å². The molecular formula is C8H12ClN5O. The van der Waals surface area contributed by atoms with E-state index in [2.05, 4.69) is 20.7 Å². The maximum absolute atomic E-state index is 5.93. The quantitative estimate of drug-likeness (QED) is 0.520. The van der Waals surface area contributed by atoms with Crippen molar-refractivity contribution in [2.75, 3.05) is 24.0 Å². The smallest absolute Gasteiger partial charge is 0.239 e. The third-order valence-electron chi connectivity index (χ3n) is 2.14. The number of aromatic nitrogens is 2. The summed E-state index contributed by atoms with van der Waals surface area (Å²) in [6, 6.07) is 0.253. The number of rotatable bonds is 3. The van der Waals surface area contributed by atoms with Crippen LogP contribution in [0.1, 0.15) is 6.42 Å². The molecule has 15 heavy (non-hydrogen) atoms. The fourth-order valence-electron chi connectivity index (χ4n) is 1.38. The summed E-state index contributed by atoms with van der Waals surface area (Å²) in [6.45, 7) is 1.44. The number of nitrogen functional groups attached to an aromatic ring is 1. The molecule has 1 fully saturated rings. The van der Waals surface area contributed by atoms with Gasteiger partial charge in [0.15, 0.2) is 5.82 Å². The molecule has 0 amide bonds. The molecule has 2 heterocycles. The summed E-state index contributed by atoms with van der Waals surface area (Å²) in [4.78, 5) is 7.99. The van der Waals surface area contributed by atoms with Crippen molar-refractivity contribution in [2.45, 2.75) is 12.5 Å². The van der Waals surface area contributed by atoms with Crippen LogP contribution in [0.25, 0.3) is 0 Å². The van der Waals surface area contributed by atoms with E-state index in [4.69, 9.17) is 22.2 Å². The summed E-state index contributed by atoms with van der Waals surface area (Å²) in [5, 5.41) is 3.65. The summed E-state index contributed by atoms with van der Waals surface area (Å²) >= 11 is 5.93. The van der Waals surface area contributed by atoms with Gasteiger partial charge in [-0.3, -0.25) is 5.43 Å². The number of nitrogens with one attached hydrogen (secondary N) is 2. The van der Waals surface area contributed by atoms with E-state index < -0.39 is 0 Å². The molecule has 2 rings (SSSR count). The first kappa shape index (κ1) is 10.4. The average Bonchev–Trinajstić information content (AvgIpc) is 2.74. The van der Waals surface area contributed by atoms with Gasteiger partial charge in [0.25, 0.3) is 0 Å². The lowest BCUT2D eigenvalue weighted by atomic mass is 10.2. The Morgan fingerprint density at radius 2 is 2.47 bits per heavy atom. The monoisotopic (exact) mass is 229 g/mol. The molecule has 0 aliphatic carbocycles. The van der Waals surface area contributed by atoms with Crippen LogP contribution in [0.2, 0.25) is 5.02 Å². The molecule has 1 aromatic rings. The van der Waals surface area contributed by atoms with Gasteiger partial charge in [-0.05, 0) is 6.42 Å². The molecule has 1 aliphatic rings. The molecule has 0 radical (unpaired) electrons. The van der Waals surface area contributed by atoms with E-state index in [1.165, 1.54) is 6.20 Å². The highest BCUT2D eigenvalue weighted by Gasteiger charge is 2.17. The fourth-order valence-corrected chi connectivity index (χ4v) is 1.53. The van der Waals surface area contributed by atoms with Crippen molar-refractivity contribution in [1.82, 2.24) is 9.97 Å². The first-order chi connectivity index (χ1) is 7.29. The minimum atomic E-state index is 0.253. The zero-order valence-electron chi connectivity index (χ0n) is 8.03. The fraction of sp³-hybridized carbons (Fsp3) is 0.500. The molecule has 0 bridgehead atoms. The first-order valence-corrected chi connectivity index (χ1v) is 5.01. The lowest BCUT2D eigenvalue weighted by Crippen LogP contribution is -2.21. The number of ether oxygens (including phenoxy) is 1. The van der Waals surface area contributed by atoms with E-state index in [1.807, 2.05) is 0 Å². The van der Waals surface area contributed by atoms with Crippen molar-refractivity contribution < 1.29 is 4.74 Å². The molecule has 7 heteroatoms. The van der Waals surface area contributed by atoms with Crippen molar-refractivity contribution in [3.05, 3.63) is 11.2 Å². The van der Waals surface area contributed by atoms with Crippen LogP contribution >= 0.6 is 11.6 Å². The Labute approximate surface area is 92.2 Å². The SMILES string of the molecule is NNc1ncc(Cl)c(NC2CCOC2)n1. The summed E-state index contributed by atoms with van der Waals surface area (Å²) < 4.78 is 5.24. The third-order valence-corrected chi connectivity index (χ3v) is 2.42. The van der Waals surface area contributed by atoms with Gasteiger partial charge in [0, 0.05) is 6.61 Å². The zero-order valence-corrected chi connectivity index (χ0v) is 8.79. The Morgan fingerprint density at radius 3 is 3.13 bits per heavy atom. The maximum Gasteiger partial charge on any atom is 0.239 e. The standard InChI is InChI=1S/C8H12ClN5O/c9-6-3-11-8(14-10)13-7(6)12-5-1-2-15-4-5/h3,5H,1-2,4,10H2,(H2,11,12,13,14). The van der Waals surface area contributed by atoms with Crippen LogP contribution in [-0.2, 0) is 4.74 Å². The lowest BCUT2D eigenvalue weighted by Gasteiger charge is -2.12. The Bertz CT molecular complexity index is 342. The number of hydrogen-bond donors (Lipinski definition) is 3. The van der Waals surface area contributed by atoms with E-state index in [0.717, 1.165) is 13.0 Å². The van der Waals surface area contributed by atoms with Gasteiger partial charge < -0.3 is 10.1 Å². The van der Waals surface area contributed by atoms with Gasteiger partial charge in [-0.1, -0.05) is 11.6 Å². The largest absolute Gasteiger partial charge is 0.379 e. The average molecular weight is 230 g/mol. The normalized spacial score (nSPS) is 20.3. The van der Waals surface area contributed by atoms with Gasteiger partial charge in [0.1, 0.15) is 5.02 Å². The summed E-state index contributed by atoms with van der Waals surface area (Å²) in [6.07, 6.45) is 2.45. The van der Waals surface area contributed by atoms with E-state index in [0.29, 0.717) is 23.4 Å². The van der Waals surface area contributed by atoms with Crippen molar-refractivity contribution in [3.8, 4) is 0 Å². The van der Waals surface area contributed by atoms with Crippen LogP contribution in [0, 0.1) is 0 Å². The second kappa shape index (κ2) is 4.61. The first-order valence-electron chi connectivity index (χ1n) is 4.63. The molecule has 0 spiro atoms. The van der Waals surface area contributed by atoms with Gasteiger partial charge >= 0.3 is 0 Å². The Hall–Kier alpha value is -1.11. The van der Waals surface area contributed by atoms with E-state index >= 15 is 0 Å². The van der Waals surface area contributed by atoms with Crippen molar-refractivity contribution >= 4 is 23.4 Å². The molecule has 1 aliphatic heterocycles. The number of hydrazine groups is 1. The van der Waals surface area contributed by atoms with Crippen LogP contribution in [0.15, 0.2) is 6.20 Å². The molecule has 1 atom stereocenters. The highest BCUT2D eigenvalue weighted by atomic mass is 35.5. The molecule has 0 aromatic carbocycles. The van der Waals surface area contributed by atoms with E-state index in [1.54, 1.807) is 0 Å². The molecule has 1 unspecified atom stereocenters. The molecule has 4 N–H and O–H groups in total. The number of halogens is 1. The second-order valence-electron chi connectivity index (χ2n) is 3.24. The Balaban J connectivity index is 2.11. The van der Waals surface area contributed by atoms with E-state index in [-0.39, 0.29) is 6.04 Å². The second-order valence-corrected chi connectivity index (χ2v) is 3.65. The van der Waals surface area contributed by atoms with Crippen LogP contribution in [0.3, 0.4) is 0 Å². The van der Waals surface area contributed by atoms with Crippen LogP contribution in [0.5, 0.6) is 0 Å². The van der Waals surface area contributed by atoms with Crippen molar-refractivity contribution in [1.29, 1.82) is 0 Å². The number of anilines is 2. The number of nitrogens with two attached hydrogens (primary N) is 1. The third kappa shape index (κ3) is 2.47. The molecule has 1 aromatic heterocycles. The topological polar surface area (TPSA) is 85.1 Å². The number of nitrogens with zero attached hydrogens (tertiary/aromatic N) is 2. The predicted octanol–water partition coefficient (Wildman–Crippen LogP) is 0.616. The van der Waals surface area contributed by atoms with Crippen LogP contribution in [-0.4, -0.2) is 29.2 Å². The highest BCUT2D eigenvalue weighted by Crippen LogP contribution is 2.21. The van der Waals surface area contributed by atoms with Gasteiger partial charge in [-0.25, -0.2) is 10.8 Å². The molecule has 1 saturated heterocycles. The molecule has 82 valence electrons. The minimum Gasteiger partial charge on any atom is -0.379 e. The summed E-state index contributed by atoms with van der Waals surface area (Å²) in [5.74, 6) is 6.12. The summed E-state index contributed by atoms with van der Waals surface area (Å²) in [7, 11) is 0. The van der Waals surface area contributed by atoms with Gasteiger partial charge in [0.2, 0.25) is 5.95 Å². The van der Waals surface area contributed by atoms with Crippen LogP contribution < -0.4 is 16.6 Å². The Kier molecular flexibility index (Phi) is 3.20. The summed E-state index contributed by atoms with van der Waals surface area (Å²) in [5.41, 5.74) is 2.37.